The van der Waals surface area contributed by atoms with Crippen LogP contribution in [-0.2, 0) is 12.8 Å². The van der Waals surface area contributed by atoms with Gasteiger partial charge in [-0.15, -0.1) is 0 Å². The molecule has 28 heavy (non-hydrogen) atoms. The lowest BCUT2D eigenvalue weighted by molar-refractivity contribution is 0.971. The van der Waals surface area contributed by atoms with Crippen molar-refractivity contribution in [3.05, 3.63) is 115 Å². The molecule has 0 amide bonds. The first kappa shape index (κ1) is 16.7. The number of hydrogen-bond acceptors (Lipinski definition) is 1. The molecule has 0 radical (unpaired) electrons. The summed E-state index contributed by atoms with van der Waals surface area (Å²) in [7, 11) is 0. The molecule has 0 aliphatic heterocycles. The quantitative estimate of drug-likeness (QED) is 0.320. The Morgan fingerprint density at radius 3 is 1.64 bits per heavy atom. The van der Waals surface area contributed by atoms with Crippen molar-refractivity contribution in [2.24, 2.45) is 0 Å². The predicted octanol–water partition coefficient (Wildman–Crippen LogP) is 6.84. The highest BCUT2D eigenvalue weighted by atomic mass is 14.6. The summed E-state index contributed by atoms with van der Waals surface area (Å²) < 4.78 is 0. The van der Waals surface area contributed by atoms with Crippen LogP contribution < -0.4 is 0 Å². The van der Waals surface area contributed by atoms with Crippen molar-refractivity contribution in [2.75, 3.05) is 0 Å². The van der Waals surface area contributed by atoms with Gasteiger partial charge in [0, 0.05) is 12.4 Å². The Bertz CT molecular complexity index is 1180. The second-order valence-electron chi connectivity index (χ2n) is 7.17. The fraction of sp³-hybridized carbons (Fsp3) is 0.0741. The molecule has 1 nitrogen and oxygen atoms in total. The number of pyridine rings is 1. The third-order valence-corrected chi connectivity index (χ3v) is 5.52. The third kappa shape index (κ3) is 2.95. The van der Waals surface area contributed by atoms with E-state index in [2.05, 4.69) is 96.0 Å². The molecule has 0 bridgehead atoms. The molecule has 0 atom stereocenters. The molecule has 5 aromatic rings. The van der Waals surface area contributed by atoms with Gasteiger partial charge >= 0.3 is 0 Å². The van der Waals surface area contributed by atoms with Crippen molar-refractivity contribution in [1.82, 2.24) is 4.98 Å². The summed E-state index contributed by atoms with van der Waals surface area (Å²) in [6.45, 7) is 0. The highest BCUT2D eigenvalue weighted by Gasteiger charge is 2.14. The number of rotatable bonds is 4. The van der Waals surface area contributed by atoms with E-state index in [4.69, 9.17) is 0 Å². The third-order valence-electron chi connectivity index (χ3n) is 5.52. The average molecular weight is 359 g/mol. The summed E-state index contributed by atoms with van der Waals surface area (Å²) in [6, 6.07) is 32.7. The molecule has 0 aliphatic rings. The SMILES string of the molecule is c1ccc(-c2c3ccccc3c(CCc3ccncc3)c3ccccc23)cc1. The fourth-order valence-electron chi connectivity index (χ4n) is 4.22. The van der Waals surface area contributed by atoms with Crippen LogP contribution in [0, 0.1) is 0 Å². The zero-order valence-corrected chi connectivity index (χ0v) is 15.7. The van der Waals surface area contributed by atoms with Gasteiger partial charge in [-0.1, -0.05) is 78.9 Å². The molecule has 1 heteroatoms. The Hall–Kier alpha value is -3.45. The van der Waals surface area contributed by atoms with Crippen LogP contribution in [-0.4, -0.2) is 4.98 Å². The Kier molecular flexibility index (Phi) is 4.34. The van der Waals surface area contributed by atoms with Crippen LogP contribution in [0.3, 0.4) is 0 Å². The van der Waals surface area contributed by atoms with Crippen molar-refractivity contribution < 1.29 is 0 Å². The van der Waals surface area contributed by atoms with Crippen LogP contribution in [0.5, 0.6) is 0 Å². The molecule has 0 unspecified atom stereocenters. The monoisotopic (exact) mass is 359 g/mol. The fourth-order valence-corrected chi connectivity index (χ4v) is 4.22. The highest BCUT2D eigenvalue weighted by molar-refractivity contribution is 6.15. The van der Waals surface area contributed by atoms with Gasteiger partial charge in [0.2, 0.25) is 0 Å². The zero-order valence-electron chi connectivity index (χ0n) is 15.7. The molecular weight excluding hydrogens is 338 g/mol. The average Bonchev–Trinajstić information content (AvgIpc) is 2.78. The zero-order chi connectivity index (χ0) is 18.8. The maximum Gasteiger partial charge on any atom is 0.0270 e. The molecule has 4 aromatic carbocycles. The lowest BCUT2D eigenvalue weighted by Crippen LogP contribution is -1.97. The van der Waals surface area contributed by atoms with Crippen LogP contribution in [0.25, 0.3) is 32.7 Å². The smallest absolute Gasteiger partial charge is 0.0270 e. The molecular formula is C27H21N. The Balaban J connectivity index is 1.77. The van der Waals surface area contributed by atoms with Gasteiger partial charge in [0.15, 0.2) is 0 Å². The van der Waals surface area contributed by atoms with E-state index in [-0.39, 0.29) is 0 Å². The largest absolute Gasteiger partial charge is 0.265 e. The summed E-state index contributed by atoms with van der Waals surface area (Å²) in [5, 5.41) is 5.37. The van der Waals surface area contributed by atoms with Crippen molar-refractivity contribution in [2.45, 2.75) is 12.8 Å². The molecule has 0 aliphatic carbocycles. The van der Waals surface area contributed by atoms with E-state index in [1.54, 1.807) is 0 Å². The van der Waals surface area contributed by atoms with E-state index in [1.807, 2.05) is 12.4 Å². The standard InChI is InChI=1S/C27H21N/c1-2-8-21(9-3-1)27-25-12-6-4-10-22(25)24(23-11-5-7-13-26(23)27)15-14-20-16-18-28-19-17-20/h1-13,16-19H,14-15H2. The normalized spacial score (nSPS) is 11.1. The molecule has 0 saturated heterocycles. The Morgan fingerprint density at radius 2 is 1.04 bits per heavy atom. The van der Waals surface area contributed by atoms with E-state index < -0.39 is 0 Å². The number of aromatic nitrogens is 1. The number of benzene rings is 4. The van der Waals surface area contributed by atoms with Gasteiger partial charge in [-0.25, -0.2) is 0 Å². The van der Waals surface area contributed by atoms with Crippen LogP contribution in [0.2, 0.25) is 0 Å². The Morgan fingerprint density at radius 1 is 0.500 bits per heavy atom. The number of fused-ring (bicyclic) bond motifs is 2. The lowest BCUT2D eigenvalue weighted by Gasteiger charge is -2.17. The summed E-state index contributed by atoms with van der Waals surface area (Å²) >= 11 is 0. The van der Waals surface area contributed by atoms with Crippen LogP contribution in [0.15, 0.2) is 103 Å². The summed E-state index contributed by atoms with van der Waals surface area (Å²) in [4.78, 5) is 4.15. The molecule has 1 heterocycles. The molecule has 134 valence electrons. The van der Waals surface area contributed by atoms with Gasteiger partial charge in [-0.3, -0.25) is 4.98 Å². The van der Waals surface area contributed by atoms with Gasteiger partial charge in [-0.2, -0.15) is 0 Å². The van der Waals surface area contributed by atoms with Crippen molar-refractivity contribution in [3.63, 3.8) is 0 Å². The number of nitrogens with zero attached hydrogens (tertiary/aromatic N) is 1. The van der Waals surface area contributed by atoms with Crippen molar-refractivity contribution >= 4 is 21.5 Å². The molecule has 0 spiro atoms. The Labute approximate surface area is 165 Å². The van der Waals surface area contributed by atoms with Gasteiger partial charge in [-0.05, 0) is 68.8 Å². The topological polar surface area (TPSA) is 12.9 Å². The predicted molar refractivity (Wildman–Crippen MR) is 119 cm³/mol. The number of hydrogen-bond donors (Lipinski definition) is 0. The number of aryl methyl sites for hydroxylation is 2. The van der Waals surface area contributed by atoms with Crippen molar-refractivity contribution in [1.29, 1.82) is 0 Å². The molecule has 0 N–H and O–H groups in total. The van der Waals surface area contributed by atoms with Crippen molar-refractivity contribution in [3.8, 4) is 11.1 Å². The molecule has 1 aromatic heterocycles. The van der Waals surface area contributed by atoms with E-state index in [1.165, 1.54) is 43.8 Å². The minimum Gasteiger partial charge on any atom is -0.265 e. The summed E-state index contributed by atoms with van der Waals surface area (Å²) in [6.07, 6.45) is 5.79. The molecule has 5 rings (SSSR count). The van der Waals surface area contributed by atoms with Gasteiger partial charge < -0.3 is 0 Å². The van der Waals surface area contributed by atoms with E-state index in [0.29, 0.717) is 0 Å². The first-order chi connectivity index (χ1) is 13.9. The second-order valence-corrected chi connectivity index (χ2v) is 7.17. The highest BCUT2D eigenvalue weighted by Crippen LogP contribution is 2.39. The lowest BCUT2D eigenvalue weighted by atomic mass is 9.86. The van der Waals surface area contributed by atoms with Crippen LogP contribution in [0.4, 0.5) is 0 Å². The maximum atomic E-state index is 4.15. The molecule has 0 fully saturated rings. The van der Waals surface area contributed by atoms with Gasteiger partial charge in [0.05, 0.1) is 0 Å². The van der Waals surface area contributed by atoms with Crippen LogP contribution >= 0.6 is 0 Å². The second kappa shape index (κ2) is 7.28. The van der Waals surface area contributed by atoms with E-state index >= 15 is 0 Å². The van der Waals surface area contributed by atoms with Gasteiger partial charge in [0.25, 0.3) is 0 Å². The maximum absolute atomic E-state index is 4.15. The minimum atomic E-state index is 1.01. The van der Waals surface area contributed by atoms with E-state index in [9.17, 15) is 0 Å². The summed E-state index contributed by atoms with van der Waals surface area (Å²) in [5.74, 6) is 0. The summed E-state index contributed by atoms with van der Waals surface area (Å²) in [5.41, 5.74) is 5.37. The minimum absolute atomic E-state index is 1.01. The van der Waals surface area contributed by atoms with E-state index in [0.717, 1.165) is 12.8 Å². The van der Waals surface area contributed by atoms with Gasteiger partial charge in [0.1, 0.15) is 0 Å². The first-order valence-corrected chi connectivity index (χ1v) is 9.78. The van der Waals surface area contributed by atoms with Crippen LogP contribution in [0.1, 0.15) is 11.1 Å². The molecule has 0 saturated carbocycles. The first-order valence-electron chi connectivity index (χ1n) is 9.78.